The van der Waals surface area contributed by atoms with E-state index >= 15 is 0 Å². The predicted molar refractivity (Wildman–Crippen MR) is 104 cm³/mol. The zero-order chi connectivity index (χ0) is 19.0. The van der Waals surface area contributed by atoms with Crippen LogP contribution in [-0.2, 0) is 11.3 Å². The summed E-state index contributed by atoms with van der Waals surface area (Å²) in [6.45, 7) is 4.73. The number of benzene rings is 1. The Hall–Kier alpha value is -2.48. The minimum absolute atomic E-state index is 0.0608. The minimum atomic E-state index is -0.208. The number of amides is 1. The average Bonchev–Trinajstić information content (AvgIpc) is 2.71. The SMILES string of the molecule is Cc1cnc2n(c1=O)C[C@H](C(=O)N1CCN(c3ccccc3O)CC1)CS2. The fourth-order valence-corrected chi connectivity index (χ4v) is 4.65. The third-order valence-electron chi connectivity index (χ3n) is 5.16. The fraction of sp³-hybridized carbons (Fsp3) is 0.421. The molecular weight excluding hydrogens is 364 g/mol. The Morgan fingerprint density at radius 2 is 1.96 bits per heavy atom. The van der Waals surface area contributed by atoms with Crippen LogP contribution in [0.25, 0.3) is 0 Å². The molecule has 2 aliphatic rings. The average molecular weight is 386 g/mol. The lowest BCUT2D eigenvalue weighted by Crippen LogP contribution is -2.52. The van der Waals surface area contributed by atoms with Crippen LogP contribution < -0.4 is 10.5 Å². The fourth-order valence-electron chi connectivity index (χ4n) is 3.61. The molecule has 1 amide bonds. The van der Waals surface area contributed by atoms with E-state index in [0.717, 1.165) is 5.69 Å². The van der Waals surface area contributed by atoms with E-state index in [1.54, 1.807) is 29.8 Å². The largest absolute Gasteiger partial charge is 0.506 e. The van der Waals surface area contributed by atoms with E-state index in [0.29, 0.717) is 49.2 Å². The summed E-state index contributed by atoms with van der Waals surface area (Å²) in [6.07, 6.45) is 1.60. The quantitative estimate of drug-likeness (QED) is 0.785. The van der Waals surface area contributed by atoms with E-state index < -0.39 is 0 Å². The first kappa shape index (κ1) is 17.9. The number of aromatic nitrogens is 2. The molecule has 7 nitrogen and oxygen atoms in total. The van der Waals surface area contributed by atoms with Crippen molar-refractivity contribution in [3.05, 3.63) is 46.4 Å². The molecule has 27 heavy (non-hydrogen) atoms. The molecule has 1 fully saturated rings. The topological polar surface area (TPSA) is 78.7 Å². The summed E-state index contributed by atoms with van der Waals surface area (Å²) >= 11 is 1.47. The van der Waals surface area contributed by atoms with Gasteiger partial charge in [-0.3, -0.25) is 14.2 Å². The van der Waals surface area contributed by atoms with Crippen LogP contribution in [0, 0.1) is 12.8 Å². The van der Waals surface area contributed by atoms with Crippen LogP contribution in [-0.4, -0.2) is 57.4 Å². The molecular formula is C19H22N4O3S. The van der Waals surface area contributed by atoms with E-state index in [4.69, 9.17) is 0 Å². The van der Waals surface area contributed by atoms with Crippen molar-refractivity contribution in [1.29, 1.82) is 0 Å². The number of piperazine rings is 1. The number of thioether (sulfide) groups is 1. The molecule has 0 bridgehead atoms. The van der Waals surface area contributed by atoms with Crippen molar-refractivity contribution >= 4 is 23.4 Å². The molecule has 8 heteroatoms. The summed E-state index contributed by atoms with van der Waals surface area (Å²) in [5, 5.41) is 10.7. The third-order valence-corrected chi connectivity index (χ3v) is 6.31. The number of anilines is 1. The first-order valence-electron chi connectivity index (χ1n) is 9.05. The highest BCUT2D eigenvalue weighted by Crippen LogP contribution is 2.29. The summed E-state index contributed by atoms with van der Waals surface area (Å²) in [6, 6.07) is 7.27. The molecule has 1 aromatic carbocycles. The molecule has 3 heterocycles. The molecule has 142 valence electrons. The van der Waals surface area contributed by atoms with Crippen molar-refractivity contribution in [3.8, 4) is 5.75 Å². The first-order valence-corrected chi connectivity index (χ1v) is 10.0. The highest BCUT2D eigenvalue weighted by Gasteiger charge is 2.32. The molecule has 0 aliphatic carbocycles. The Kier molecular flexibility index (Phi) is 4.82. The number of rotatable bonds is 2. The highest BCUT2D eigenvalue weighted by molar-refractivity contribution is 7.99. The van der Waals surface area contributed by atoms with Crippen molar-refractivity contribution in [3.63, 3.8) is 0 Å². The van der Waals surface area contributed by atoms with Gasteiger partial charge >= 0.3 is 0 Å². The molecule has 1 atom stereocenters. The molecule has 0 saturated carbocycles. The van der Waals surface area contributed by atoms with Gasteiger partial charge in [-0.25, -0.2) is 4.98 Å². The number of nitrogens with zero attached hydrogens (tertiary/aromatic N) is 4. The number of phenols is 1. The second-order valence-electron chi connectivity index (χ2n) is 6.95. The van der Waals surface area contributed by atoms with Crippen LogP contribution in [0.3, 0.4) is 0 Å². The van der Waals surface area contributed by atoms with E-state index in [-0.39, 0.29) is 23.1 Å². The van der Waals surface area contributed by atoms with Crippen LogP contribution >= 0.6 is 11.8 Å². The van der Waals surface area contributed by atoms with Gasteiger partial charge in [0.15, 0.2) is 5.16 Å². The number of hydrogen-bond acceptors (Lipinski definition) is 6. The summed E-state index contributed by atoms with van der Waals surface area (Å²) in [5.41, 5.74) is 1.35. The van der Waals surface area contributed by atoms with Crippen LogP contribution in [0.4, 0.5) is 5.69 Å². The molecule has 0 radical (unpaired) electrons. The predicted octanol–water partition coefficient (Wildman–Crippen LogP) is 1.33. The van der Waals surface area contributed by atoms with Gasteiger partial charge in [-0.05, 0) is 19.1 Å². The maximum absolute atomic E-state index is 13.0. The molecule has 2 aromatic rings. The minimum Gasteiger partial charge on any atom is -0.506 e. The standard InChI is InChI=1S/C19H22N4O3S/c1-13-10-20-19-23(17(13)25)11-14(12-27-19)18(26)22-8-6-21(7-9-22)15-4-2-3-5-16(15)24/h2-5,10,14,24H,6-9,11-12H2,1H3/t14-/m0/s1. The van der Waals surface area contributed by atoms with Gasteiger partial charge in [0, 0.05) is 50.2 Å². The summed E-state index contributed by atoms with van der Waals surface area (Å²) in [7, 11) is 0. The summed E-state index contributed by atoms with van der Waals surface area (Å²) in [4.78, 5) is 33.6. The van der Waals surface area contributed by atoms with Gasteiger partial charge in [0.1, 0.15) is 5.75 Å². The van der Waals surface area contributed by atoms with E-state index in [1.165, 1.54) is 11.8 Å². The molecule has 0 unspecified atom stereocenters. The van der Waals surface area contributed by atoms with Gasteiger partial charge in [0.2, 0.25) is 5.91 Å². The lowest BCUT2D eigenvalue weighted by Gasteiger charge is -2.38. The van der Waals surface area contributed by atoms with E-state index in [9.17, 15) is 14.7 Å². The molecule has 0 spiro atoms. The van der Waals surface area contributed by atoms with Crippen LogP contribution in [0.1, 0.15) is 5.56 Å². The zero-order valence-corrected chi connectivity index (χ0v) is 16.0. The van der Waals surface area contributed by atoms with Crippen molar-refractivity contribution < 1.29 is 9.90 Å². The molecule has 1 saturated heterocycles. The van der Waals surface area contributed by atoms with Gasteiger partial charge in [0.25, 0.3) is 5.56 Å². The lowest BCUT2D eigenvalue weighted by atomic mass is 10.1. The number of hydrogen-bond donors (Lipinski definition) is 1. The highest BCUT2D eigenvalue weighted by atomic mass is 32.2. The van der Waals surface area contributed by atoms with Crippen LogP contribution in [0.2, 0.25) is 0 Å². The molecule has 1 N–H and O–H groups in total. The lowest BCUT2D eigenvalue weighted by molar-refractivity contribution is -0.135. The Labute approximate surface area is 161 Å². The Bertz CT molecular complexity index is 921. The summed E-state index contributed by atoms with van der Waals surface area (Å²) < 4.78 is 1.63. The van der Waals surface area contributed by atoms with Crippen molar-refractivity contribution in [2.75, 3.05) is 36.8 Å². The summed E-state index contributed by atoms with van der Waals surface area (Å²) in [5.74, 6) is 0.798. The van der Waals surface area contributed by atoms with Gasteiger partial charge in [-0.15, -0.1) is 0 Å². The monoisotopic (exact) mass is 386 g/mol. The van der Waals surface area contributed by atoms with Crippen molar-refractivity contribution in [1.82, 2.24) is 14.5 Å². The number of fused-ring (bicyclic) bond motifs is 1. The van der Waals surface area contributed by atoms with Gasteiger partial charge < -0.3 is 14.9 Å². The Balaban J connectivity index is 1.42. The second kappa shape index (κ2) is 7.26. The third kappa shape index (κ3) is 3.41. The van der Waals surface area contributed by atoms with E-state index in [2.05, 4.69) is 9.88 Å². The molecule has 4 rings (SSSR count). The maximum Gasteiger partial charge on any atom is 0.257 e. The van der Waals surface area contributed by atoms with Crippen LogP contribution in [0.15, 0.2) is 40.4 Å². The number of aryl methyl sites for hydroxylation is 1. The first-order chi connectivity index (χ1) is 13.0. The maximum atomic E-state index is 13.0. The van der Waals surface area contributed by atoms with Gasteiger partial charge in [0.05, 0.1) is 11.6 Å². The van der Waals surface area contributed by atoms with Gasteiger partial charge in [-0.2, -0.15) is 0 Å². The smallest absolute Gasteiger partial charge is 0.257 e. The van der Waals surface area contributed by atoms with Crippen molar-refractivity contribution in [2.45, 2.75) is 18.6 Å². The zero-order valence-electron chi connectivity index (χ0n) is 15.2. The van der Waals surface area contributed by atoms with Gasteiger partial charge in [-0.1, -0.05) is 23.9 Å². The van der Waals surface area contributed by atoms with E-state index in [1.807, 2.05) is 17.0 Å². The number of para-hydroxylation sites is 2. The van der Waals surface area contributed by atoms with Crippen molar-refractivity contribution in [2.24, 2.45) is 5.92 Å². The second-order valence-corrected chi connectivity index (χ2v) is 7.94. The van der Waals surface area contributed by atoms with Crippen LogP contribution in [0.5, 0.6) is 5.75 Å². The molecule has 1 aromatic heterocycles. The Morgan fingerprint density at radius 1 is 1.22 bits per heavy atom. The molecule has 2 aliphatic heterocycles. The Morgan fingerprint density at radius 3 is 2.70 bits per heavy atom. The number of carbonyl (C=O) groups is 1. The number of carbonyl (C=O) groups excluding carboxylic acids is 1. The number of aromatic hydroxyl groups is 1. The normalized spacial score (nSPS) is 19.7. The number of phenolic OH excluding ortho intramolecular Hbond substituents is 1.